The molecule has 0 amide bonds. The average molecular weight is 272 g/mol. The maximum atomic E-state index is 9.57. The van der Waals surface area contributed by atoms with Gasteiger partial charge in [0.1, 0.15) is 0 Å². The molecule has 0 aromatic heterocycles. The van der Waals surface area contributed by atoms with Crippen LogP contribution in [0, 0.1) is 0 Å². The summed E-state index contributed by atoms with van der Waals surface area (Å²) < 4.78 is 5.08. The van der Waals surface area contributed by atoms with Crippen molar-refractivity contribution in [3.05, 3.63) is 11.5 Å². The summed E-state index contributed by atoms with van der Waals surface area (Å²) in [6, 6.07) is 0. The minimum atomic E-state index is -2.54. The lowest BCUT2D eigenvalue weighted by Gasteiger charge is -2.12. The predicted octanol–water partition coefficient (Wildman–Crippen LogP) is 3.63. The SMILES string of the molecule is C=C(C)SCCCSP(O)(=S)OCC. The first-order valence-corrected chi connectivity index (χ1v) is 9.63. The molecule has 0 aliphatic rings. The third kappa shape index (κ3) is 9.56. The molecule has 0 aromatic carbocycles. The molecule has 6 heteroatoms. The van der Waals surface area contributed by atoms with E-state index in [-0.39, 0.29) is 0 Å². The van der Waals surface area contributed by atoms with Crippen LogP contribution in [0.2, 0.25) is 0 Å². The molecule has 1 N–H and O–H groups in total. The van der Waals surface area contributed by atoms with Gasteiger partial charge in [0.2, 0.25) is 5.69 Å². The zero-order valence-electron chi connectivity index (χ0n) is 8.56. The van der Waals surface area contributed by atoms with Gasteiger partial charge in [-0.15, -0.1) is 11.8 Å². The van der Waals surface area contributed by atoms with E-state index in [2.05, 4.69) is 6.58 Å². The monoisotopic (exact) mass is 272 g/mol. The van der Waals surface area contributed by atoms with Crippen LogP contribution in [0.25, 0.3) is 0 Å². The molecule has 0 fully saturated rings. The van der Waals surface area contributed by atoms with Crippen LogP contribution in [-0.4, -0.2) is 23.0 Å². The van der Waals surface area contributed by atoms with Gasteiger partial charge in [-0.3, -0.25) is 0 Å². The van der Waals surface area contributed by atoms with Crippen molar-refractivity contribution in [2.45, 2.75) is 20.3 Å². The van der Waals surface area contributed by atoms with Gasteiger partial charge in [-0.2, -0.15) is 0 Å². The Hall–Kier alpha value is 1.01. The van der Waals surface area contributed by atoms with Crippen molar-refractivity contribution >= 4 is 40.6 Å². The molecule has 0 heterocycles. The van der Waals surface area contributed by atoms with E-state index in [1.165, 1.54) is 11.4 Å². The Kier molecular flexibility index (Phi) is 8.79. The molecule has 0 saturated carbocycles. The molecule has 14 heavy (non-hydrogen) atoms. The second-order valence-corrected chi connectivity index (χ2v) is 10.3. The zero-order chi connectivity index (χ0) is 11.0. The van der Waals surface area contributed by atoms with Gasteiger partial charge in [-0.05, 0) is 42.7 Å². The van der Waals surface area contributed by atoms with Crippen LogP contribution < -0.4 is 0 Å². The Morgan fingerprint density at radius 1 is 1.57 bits per heavy atom. The van der Waals surface area contributed by atoms with Crippen LogP contribution in [0.1, 0.15) is 20.3 Å². The van der Waals surface area contributed by atoms with Gasteiger partial charge in [-0.1, -0.05) is 18.0 Å². The molecule has 0 aliphatic heterocycles. The second kappa shape index (κ2) is 8.20. The van der Waals surface area contributed by atoms with Gasteiger partial charge in [0.15, 0.2) is 0 Å². The highest BCUT2D eigenvalue weighted by atomic mass is 32.9. The lowest BCUT2D eigenvalue weighted by molar-refractivity contribution is 0.341. The molecular weight excluding hydrogens is 255 g/mol. The van der Waals surface area contributed by atoms with Crippen molar-refractivity contribution in [3.63, 3.8) is 0 Å². The van der Waals surface area contributed by atoms with E-state index in [1.54, 1.807) is 11.8 Å². The Balaban J connectivity index is 3.44. The van der Waals surface area contributed by atoms with Crippen LogP contribution in [-0.2, 0) is 16.3 Å². The van der Waals surface area contributed by atoms with Crippen LogP contribution >= 0.6 is 28.8 Å². The van der Waals surface area contributed by atoms with Gasteiger partial charge >= 0.3 is 0 Å². The summed E-state index contributed by atoms with van der Waals surface area (Å²) in [6.07, 6.45) is 1.02. The summed E-state index contributed by atoms with van der Waals surface area (Å²) >= 11 is 8.04. The lowest BCUT2D eigenvalue weighted by atomic mass is 10.6. The summed E-state index contributed by atoms with van der Waals surface area (Å²) in [5.74, 6) is 1.89. The smallest absolute Gasteiger partial charge is 0.244 e. The van der Waals surface area contributed by atoms with Gasteiger partial charge in [-0.25, -0.2) is 0 Å². The first kappa shape index (κ1) is 15.0. The minimum absolute atomic E-state index is 0.487. The molecule has 0 aliphatic carbocycles. The van der Waals surface area contributed by atoms with Crippen LogP contribution in [0.15, 0.2) is 11.5 Å². The minimum Gasteiger partial charge on any atom is -0.337 e. The molecule has 84 valence electrons. The normalized spacial score (nSPS) is 15.1. The molecule has 0 saturated heterocycles. The Labute approximate surface area is 99.8 Å². The average Bonchev–Trinajstić information content (AvgIpc) is 2.02. The maximum absolute atomic E-state index is 9.57. The molecular formula is C8H17O2PS3. The van der Waals surface area contributed by atoms with Crippen LogP contribution in [0.3, 0.4) is 0 Å². The van der Waals surface area contributed by atoms with Gasteiger partial charge in [0, 0.05) is 5.75 Å². The number of hydrogen-bond acceptors (Lipinski definition) is 4. The standard InChI is InChI=1S/C8H17O2PS3/c1-4-10-11(9,12)14-7-5-6-13-8(2)3/h2,4-7H2,1,3H3,(H,9,12). The summed E-state index contributed by atoms with van der Waals surface area (Å²) in [6.45, 7) is 8.12. The molecule has 2 nitrogen and oxygen atoms in total. The third-order valence-electron chi connectivity index (χ3n) is 1.18. The van der Waals surface area contributed by atoms with Crippen molar-refractivity contribution < 1.29 is 9.42 Å². The second-order valence-electron chi connectivity index (χ2n) is 2.62. The van der Waals surface area contributed by atoms with E-state index in [9.17, 15) is 4.89 Å². The fourth-order valence-electron chi connectivity index (χ4n) is 0.686. The van der Waals surface area contributed by atoms with Crippen molar-refractivity contribution in [2.75, 3.05) is 18.1 Å². The molecule has 0 rings (SSSR count). The molecule has 0 spiro atoms. The molecule has 0 bridgehead atoms. The number of thioether (sulfide) groups is 1. The van der Waals surface area contributed by atoms with E-state index in [1.807, 2.05) is 13.8 Å². The van der Waals surface area contributed by atoms with E-state index in [0.29, 0.717) is 6.61 Å². The summed E-state index contributed by atoms with van der Waals surface area (Å²) in [4.78, 5) is 10.7. The number of hydrogen-bond donors (Lipinski definition) is 1. The first-order valence-electron chi connectivity index (χ1n) is 4.38. The molecule has 0 aromatic rings. The molecule has 0 radical (unpaired) electrons. The Morgan fingerprint density at radius 2 is 2.21 bits per heavy atom. The Morgan fingerprint density at radius 3 is 2.71 bits per heavy atom. The van der Waals surface area contributed by atoms with Gasteiger partial charge in [0.05, 0.1) is 6.61 Å². The highest BCUT2D eigenvalue weighted by Crippen LogP contribution is 2.56. The largest absolute Gasteiger partial charge is 0.337 e. The first-order chi connectivity index (χ1) is 6.48. The zero-order valence-corrected chi connectivity index (χ0v) is 11.9. The quantitative estimate of drug-likeness (QED) is 0.538. The van der Waals surface area contributed by atoms with Crippen molar-refractivity contribution in [1.82, 2.24) is 0 Å². The highest BCUT2D eigenvalue weighted by Gasteiger charge is 2.12. The van der Waals surface area contributed by atoms with Crippen LogP contribution in [0.5, 0.6) is 0 Å². The predicted molar refractivity (Wildman–Crippen MR) is 72.5 cm³/mol. The van der Waals surface area contributed by atoms with Gasteiger partial charge < -0.3 is 9.42 Å². The van der Waals surface area contributed by atoms with E-state index >= 15 is 0 Å². The molecule has 1 atom stereocenters. The summed E-state index contributed by atoms with van der Waals surface area (Å²) in [7, 11) is 0. The van der Waals surface area contributed by atoms with Crippen molar-refractivity contribution in [2.24, 2.45) is 0 Å². The number of allylic oxidation sites excluding steroid dienone is 1. The van der Waals surface area contributed by atoms with E-state index < -0.39 is 5.69 Å². The van der Waals surface area contributed by atoms with E-state index in [0.717, 1.165) is 22.8 Å². The van der Waals surface area contributed by atoms with Crippen LogP contribution in [0.4, 0.5) is 0 Å². The third-order valence-corrected chi connectivity index (χ3v) is 6.66. The fraction of sp³-hybridized carbons (Fsp3) is 0.750. The summed E-state index contributed by atoms with van der Waals surface area (Å²) in [5, 5.41) is 0. The fourth-order valence-corrected chi connectivity index (χ4v) is 5.02. The maximum Gasteiger partial charge on any atom is 0.244 e. The number of rotatable bonds is 8. The molecule has 1 unspecified atom stereocenters. The van der Waals surface area contributed by atoms with Crippen molar-refractivity contribution in [3.8, 4) is 0 Å². The van der Waals surface area contributed by atoms with Crippen molar-refractivity contribution in [1.29, 1.82) is 0 Å². The van der Waals surface area contributed by atoms with Gasteiger partial charge in [0.25, 0.3) is 0 Å². The Bertz CT molecular complexity index is 221. The lowest BCUT2D eigenvalue weighted by Crippen LogP contribution is -1.88. The van der Waals surface area contributed by atoms with E-state index in [4.69, 9.17) is 16.3 Å². The topological polar surface area (TPSA) is 29.5 Å². The summed E-state index contributed by atoms with van der Waals surface area (Å²) in [5.41, 5.74) is -2.54. The highest BCUT2D eigenvalue weighted by molar-refractivity contribution is 8.67.